The monoisotopic (exact) mass is 355 g/mol. The van der Waals surface area contributed by atoms with E-state index in [-0.39, 0.29) is 11.5 Å². The predicted octanol–water partition coefficient (Wildman–Crippen LogP) is 3.62. The lowest BCUT2D eigenvalue weighted by Crippen LogP contribution is -2.36. The number of methoxy groups -OCH3 is 1. The Morgan fingerprint density at radius 3 is 2.68 bits per heavy atom. The van der Waals surface area contributed by atoms with Crippen molar-refractivity contribution < 1.29 is 9.53 Å². The average Bonchev–Trinajstić information content (AvgIpc) is 2.88. The largest absolute Gasteiger partial charge is 0.465 e. The predicted molar refractivity (Wildman–Crippen MR) is 103 cm³/mol. The molecule has 1 heterocycles. The Kier molecular flexibility index (Phi) is 4.90. The lowest BCUT2D eigenvalue weighted by atomic mass is 10.1. The SMILES string of the molecule is COC(=O)c1cccc(C2=C(C)NC(S)N2Nc2cccc(C)c2)c1. The molecule has 0 radical (unpaired) electrons. The number of anilines is 1. The van der Waals surface area contributed by atoms with Crippen molar-refractivity contribution in [2.75, 3.05) is 12.5 Å². The van der Waals surface area contributed by atoms with Crippen LogP contribution in [0, 0.1) is 6.92 Å². The van der Waals surface area contributed by atoms with Gasteiger partial charge in [0.25, 0.3) is 0 Å². The number of thiol groups is 1. The van der Waals surface area contributed by atoms with Crippen molar-refractivity contribution in [1.29, 1.82) is 0 Å². The molecule has 2 aromatic rings. The number of aryl methyl sites for hydroxylation is 1. The molecule has 0 aliphatic carbocycles. The minimum Gasteiger partial charge on any atom is -0.465 e. The number of hydrogen-bond acceptors (Lipinski definition) is 6. The van der Waals surface area contributed by atoms with E-state index < -0.39 is 0 Å². The van der Waals surface area contributed by atoms with Gasteiger partial charge in [-0.3, -0.25) is 10.4 Å². The summed E-state index contributed by atoms with van der Waals surface area (Å²) >= 11 is 4.62. The number of carbonyl (C=O) groups excluding carboxylic acids is 1. The fraction of sp³-hybridized carbons (Fsp3) is 0.211. The highest BCUT2D eigenvalue weighted by molar-refractivity contribution is 7.80. The maximum absolute atomic E-state index is 11.8. The third kappa shape index (κ3) is 3.58. The minimum absolute atomic E-state index is 0.225. The zero-order valence-electron chi connectivity index (χ0n) is 14.4. The first-order chi connectivity index (χ1) is 12.0. The van der Waals surface area contributed by atoms with E-state index in [1.165, 1.54) is 12.7 Å². The van der Waals surface area contributed by atoms with Crippen LogP contribution in [0.1, 0.15) is 28.4 Å². The van der Waals surface area contributed by atoms with Crippen LogP contribution in [0.25, 0.3) is 5.70 Å². The number of esters is 1. The number of rotatable bonds is 4. The number of nitrogens with zero attached hydrogens (tertiary/aromatic N) is 1. The van der Waals surface area contributed by atoms with Gasteiger partial charge >= 0.3 is 5.97 Å². The average molecular weight is 355 g/mol. The summed E-state index contributed by atoms with van der Waals surface area (Å²) in [5, 5.41) is 5.25. The van der Waals surface area contributed by atoms with Gasteiger partial charge in [-0.25, -0.2) is 4.79 Å². The van der Waals surface area contributed by atoms with E-state index in [0.717, 1.165) is 22.6 Å². The summed E-state index contributed by atoms with van der Waals surface area (Å²) in [6, 6.07) is 15.5. The van der Waals surface area contributed by atoms with Gasteiger partial charge in [0.2, 0.25) is 0 Å². The van der Waals surface area contributed by atoms with E-state index in [2.05, 4.69) is 29.4 Å². The van der Waals surface area contributed by atoms with Gasteiger partial charge in [0.15, 0.2) is 5.50 Å². The second-order valence-corrected chi connectivity index (χ2v) is 6.40. The van der Waals surface area contributed by atoms with Crippen LogP contribution in [0.4, 0.5) is 5.69 Å². The van der Waals surface area contributed by atoms with Crippen LogP contribution >= 0.6 is 12.6 Å². The lowest BCUT2D eigenvalue weighted by molar-refractivity contribution is 0.0600. The highest BCUT2D eigenvalue weighted by Crippen LogP contribution is 2.31. The molecule has 0 spiro atoms. The Hall–Kier alpha value is -2.60. The van der Waals surface area contributed by atoms with Gasteiger partial charge in [-0.05, 0) is 43.7 Å². The summed E-state index contributed by atoms with van der Waals surface area (Å²) in [7, 11) is 1.38. The third-order valence-electron chi connectivity index (χ3n) is 4.01. The molecular weight excluding hydrogens is 334 g/mol. The molecule has 1 aliphatic rings. The molecule has 0 saturated heterocycles. The number of benzene rings is 2. The van der Waals surface area contributed by atoms with Crippen molar-refractivity contribution in [2.24, 2.45) is 0 Å². The molecule has 0 amide bonds. The first-order valence-electron chi connectivity index (χ1n) is 7.96. The Labute approximate surface area is 153 Å². The zero-order chi connectivity index (χ0) is 18.0. The fourth-order valence-corrected chi connectivity index (χ4v) is 3.23. The molecule has 1 aliphatic heterocycles. The summed E-state index contributed by atoms with van der Waals surface area (Å²) in [6.45, 7) is 4.04. The number of hydrogen-bond donors (Lipinski definition) is 3. The first-order valence-corrected chi connectivity index (χ1v) is 8.48. The molecule has 5 nitrogen and oxygen atoms in total. The first kappa shape index (κ1) is 17.2. The van der Waals surface area contributed by atoms with Crippen LogP contribution < -0.4 is 10.7 Å². The summed E-state index contributed by atoms with van der Waals surface area (Å²) in [5.74, 6) is -0.355. The standard InChI is InChI=1S/C19H21N3O2S/c1-12-6-4-9-16(10-12)21-22-17(13(2)20-19(22)25)14-7-5-8-15(11-14)18(23)24-3/h4-11,19-21,25H,1-3H3. The number of nitrogens with one attached hydrogen (secondary N) is 2. The fourth-order valence-electron chi connectivity index (χ4n) is 2.87. The summed E-state index contributed by atoms with van der Waals surface area (Å²) < 4.78 is 4.82. The van der Waals surface area contributed by atoms with Gasteiger partial charge in [-0.15, -0.1) is 12.6 Å². The van der Waals surface area contributed by atoms with Gasteiger partial charge in [0.05, 0.1) is 24.1 Å². The highest BCUT2D eigenvalue weighted by atomic mass is 32.1. The molecule has 0 bridgehead atoms. The van der Waals surface area contributed by atoms with Crippen molar-refractivity contribution in [1.82, 2.24) is 10.3 Å². The number of allylic oxidation sites excluding steroid dienone is 1. The maximum atomic E-state index is 11.8. The molecule has 6 heteroatoms. The molecule has 0 fully saturated rings. The van der Waals surface area contributed by atoms with Crippen LogP contribution in [0.3, 0.4) is 0 Å². The van der Waals surface area contributed by atoms with Crippen molar-refractivity contribution >= 4 is 30.0 Å². The molecule has 2 aromatic carbocycles. The Morgan fingerprint density at radius 2 is 1.96 bits per heavy atom. The molecule has 130 valence electrons. The molecule has 2 N–H and O–H groups in total. The van der Waals surface area contributed by atoms with Crippen LogP contribution in [0.2, 0.25) is 0 Å². The summed E-state index contributed by atoms with van der Waals surface area (Å²) in [5.41, 5.74) is 8.64. The molecule has 0 saturated carbocycles. The number of carbonyl (C=O) groups is 1. The van der Waals surface area contributed by atoms with E-state index in [1.807, 2.05) is 55.3 Å². The second kappa shape index (κ2) is 7.11. The van der Waals surface area contributed by atoms with Crippen LogP contribution in [0.5, 0.6) is 0 Å². The lowest BCUT2D eigenvalue weighted by Gasteiger charge is -2.28. The second-order valence-electron chi connectivity index (χ2n) is 5.92. The highest BCUT2D eigenvalue weighted by Gasteiger charge is 2.28. The van der Waals surface area contributed by atoms with Crippen molar-refractivity contribution in [3.63, 3.8) is 0 Å². The van der Waals surface area contributed by atoms with Crippen LogP contribution in [-0.2, 0) is 4.74 Å². The van der Waals surface area contributed by atoms with E-state index in [1.54, 1.807) is 6.07 Å². The normalized spacial score (nSPS) is 16.6. The van der Waals surface area contributed by atoms with E-state index >= 15 is 0 Å². The summed E-state index contributed by atoms with van der Waals surface area (Å²) in [6.07, 6.45) is 0. The Balaban J connectivity index is 1.95. The Bertz CT molecular complexity index is 835. The molecule has 3 rings (SSSR count). The third-order valence-corrected chi connectivity index (χ3v) is 4.37. The minimum atomic E-state index is -0.355. The van der Waals surface area contributed by atoms with E-state index in [4.69, 9.17) is 4.74 Å². The van der Waals surface area contributed by atoms with Gasteiger partial charge < -0.3 is 10.1 Å². The van der Waals surface area contributed by atoms with Gasteiger partial charge in [-0.2, -0.15) is 0 Å². The topological polar surface area (TPSA) is 53.6 Å². The quantitative estimate of drug-likeness (QED) is 0.578. The number of ether oxygens (including phenoxy) is 1. The maximum Gasteiger partial charge on any atom is 0.337 e. The zero-order valence-corrected chi connectivity index (χ0v) is 15.3. The van der Waals surface area contributed by atoms with E-state index in [9.17, 15) is 4.79 Å². The number of hydrazine groups is 1. The van der Waals surface area contributed by atoms with Gasteiger partial charge in [0.1, 0.15) is 0 Å². The molecule has 25 heavy (non-hydrogen) atoms. The smallest absolute Gasteiger partial charge is 0.337 e. The van der Waals surface area contributed by atoms with Gasteiger partial charge in [-0.1, -0.05) is 24.3 Å². The molecule has 0 aromatic heterocycles. The molecule has 1 atom stereocenters. The van der Waals surface area contributed by atoms with Crippen molar-refractivity contribution in [2.45, 2.75) is 19.3 Å². The molecule has 1 unspecified atom stereocenters. The molecular formula is C19H21N3O2S. The van der Waals surface area contributed by atoms with Crippen molar-refractivity contribution in [3.8, 4) is 0 Å². The van der Waals surface area contributed by atoms with E-state index in [0.29, 0.717) is 5.56 Å². The van der Waals surface area contributed by atoms with Crippen LogP contribution in [-0.4, -0.2) is 23.6 Å². The van der Waals surface area contributed by atoms with Crippen LogP contribution in [0.15, 0.2) is 54.2 Å². The summed E-state index contributed by atoms with van der Waals surface area (Å²) in [4.78, 5) is 11.8. The van der Waals surface area contributed by atoms with Gasteiger partial charge in [0, 0.05) is 11.3 Å². The Morgan fingerprint density at radius 1 is 1.20 bits per heavy atom. The van der Waals surface area contributed by atoms with Crippen molar-refractivity contribution in [3.05, 3.63) is 70.9 Å².